The number of amides is 1. The summed E-state index contributed by atoms with van der Waals surface area (Å²) in [6, 6.07) is 13.1. The van der Waals surface area contributed by atoms with Crippen LogP contribution in [0.15, 0.2) is 42.5 Å². The molecule has 2 aromatic carbocycles. The van der Waals surface area contributed by atoms with E-state index in [4.69, 9.17) is 19.9 Å². The molecule has 6 nitrogen and oxygen atoms in total. The van der Waals surface area contributed by atoms with Crippen LogP contribution in [0, 0.1) is 6.92 Å². The molecule has 4 rings (SSSR count). The lowest BCUT2D eigenvalue weighted by Crippen LogP contribution is -2.46. The van der Waals surface area contributed by atoms with Crippen LogP contribution in [-0.4, -0.2) is 32.5 Å². The van der Waals surface area contributed by atoms with Crippen molar-refractivity contribution in [2.75, 3.05) is 26.6 Å². The van der Waals surface area contributed by atoms with Gasteiger partial charge >= 0.3 is 0 Å². The molecular weight excluding hydrogens is 392 g/mol. The second kappa shape index (κ2) is 9.03. The monoisotopic (exact) mass is 418 g/mol. The van der Waals surface area contributed by atoms with Crippen molar-refractivity contribution in [3.05, 3.63) is 59.2 Å². The number of hydrogen-bond acceptors (Lipinski definition) is 5. The van der Waals surface area contributed by atoms with E-state index in [-0.39, 0.29) is 30.5 Å². The summed E-state index contributed by atoms with van der Waals surface area (Å²) in [7, 11) is 0. The lowest BCUT2D eigenvalue weighted by atomic mass is 9.74. The number of ether oxygens (including phenoxy) is 3. The van der Waals surface area contributed by atoms with Crippen LogP contribution >= 0.6 is 12.4 Å². The Balaban J connectivity index is 0.00000240. The van der Waals surface area contributed by atoms with E-state index in [2.05, 4.69) is 11.4 Å². The van der Waals surface area contributed by atoms with Gasteiger partial charge in [-0.3, -0.25) is 4.79 Å². The first kappa shape index (κ1) is 21.4. The summed E-state index contributed by atoms with van der Waals surface area (Å²) in [4.78, 5) is 12.7. The van der Waals surface area contributed by atoms with Gasteiger partial charge in [0.05, 0.1) is 0 Å². The number of rotatable bonds is 5. The fourth-order valence-electron chi connectivity index (χ4n) is 3.85. The van der Waals surface area contributed by atoms with E-state index in [0.29, 0.717) is 19.8 Å². The number of fused-ring (bicyclic) bond motifs is 1. The van der Waals surface area contributed by atoms with Crippen molar-refractivity contribution in [3.63, 3.8) is 0 Å². The van der Waals surface area contributed by atoms with Crippen molar-refractivity contribution in [2.45, 2.75) is 31.2 Å². The van der Waals surface area contributed by atoms with E-state index in [1.165, 1.54) is 0 Å². The van der Waals surface area contributed by atoms with Gasteiger partial charge in [-0.15, -0.1) is 12.4 Å². The maximum atomic E-state index is 12.7. The Kier molecular flexibility index (Phi) is 6.67. The Morgan fingerprint density at radius 3 is 2.52 bits per heavy atom. The molecule has 2 aliphatic heterocycles. The summed E-state index contributed by atoms with van der Waals surface area (Å²) < 4.78 is 16.6. The van der Waals surface area contributed by atoms with Gasteiger partial charge in [-0.05, 0) is 43.0 Å². The topological polar surface area (TPSA) is 82.8 Å². The van der Waals surface area contributed by atoms with Crippen molar-refractivity contribution >= 4 is 18.3 Å². The Bertz CT molecular complexity index is 850. The summed E-state index contributed by atoms with van der Waals surface area (Å²) in [5, 5.41) is 3.08. The highest BCUT2D eigenvalue weighted by atomic mass is 35.5. The molecule has 29 heavy (non-hydrogen) atoms. The second-order valence-corrected chi connectivity index (χ2v) is 7.57. The first-order chi connectivity index (χ1) is 13.6. The standard InChI is InChI=1S/C22H26N2O4.ClH/c1-15-2-4-16(5-3-15)20(23)21(25)24-13-22(8-10-26-11-9-22)17-6-7-18-19(12-17)28-14-27-18;/h2-7,12,20H,8-11,13-14,23H2,1H3,(H,24,25);1H. The number of benzene rings is 2. The average molecular weight is 419 g/mol. The number of halogens is 1. The number of hydrogen-bond donors (Lipinski definition) is 2. The van der Waals surface area contributed by atoms with Crippen LogP contribution in [-0.2, 0) is 14.9 Å². The third-order valence-electron chi connectivity index (χ3n) is 5.75. The molecule has 0 aromatic heterocycles. The Morgan fingerprint density at radius 2 is 1.79 bits per heavy atom. The zero-order valence-corrected chi connectivity index (χ0v) is 17.3. The molecule has 3 N–H and O–H groups in total. The molecule has 1 atom stereocenters. The van der Waals surface area contributed by atoms with E-state index < -0.39 is 6.04 Å². The Morgan fingerprint density at radius 1 is 1.10 bits per heavy atom. The SMILES string of the molecule is Cc1ccc(C(N)C(=O)NCC2(c3ccc4c(c3)OCO4)CCOCC2)cc1.Cl. The van der Waals surface area contributed by atoms with Crippen LogP contribution in [0.3, 0.4) is 0 Å². The van der Waals surface area contributed by atoms with Gasteiger partial charge in [0.2, 0.25) is 12.7 Å². The highest BCUT2D eigenvalue weighted by Gasteiger charge is 2.36. The molecule has 156 valence electrons. The zero-order valence-electron chi connectivity index (χ0n) is 16.5. The number of carbonyl (C=O) groups excluding carboxylic acids is 1. The third-order valence-corrected chi connectivity index (χ3v) is 5.75. The van der Waals surface area contributed by atoms with Gasteiger partial charge in [0.25, 0.3) is 0 Å². The van der Waals surface area contributed by atoms with E-state index in [1.807, 2.05) is 43.3 Å². The highest BCUT2D eigenvalue weighted by Crippen LogP contribution is 2.40. The molecular formula is C22H27ClN2O4. The smallest absolute Gasteiger partial charge is 0.241 e. The number of nitrogens with one attached hydrogen (secondary N) is 1. The quantitative estimate of drug-likeness (QED) is 0.779. The normalized spacial score (nSPS) is 17.9. The van der Waals surface area contributed by atoms with Crippen molar-refractivity contribution in [2.24, 2.45) is 5.73 Å². The molecule has 0 saturated carbocycles. The molecule has 0 bridgehead atoms. The third kappa shape index (κ3) is 4.50. The van der Waals surface area contributed by atoms with Crippen molar-refractivity contribution in [1.82, 2.24) is 5.32 Å². The van der Waals surface area contributed by atoms with Gasteiger partial charge in [-0.25, -0.2) is 0 Å². The van der Waals surface area contributed by atoms with Crippen LogP contribution in [0.25, 0.3) is 0 Å². The highest BCUT2D eigenvalue weighted by molar-refractivity contribution is 5.85. The van der Waals surface area contributed by atoms with Crippen LogP contribution in [0.5, 0.6) is 11.5 Å². The summed E-state index contributed by atoms with van der Waals surface area (Å²) in [5.41, 5.74) is 9.06. The fraction of sp³-hybridized carbons (Fsp3) is 0.409. The summed E-state index contributed by atoms with van der Waals surface area (Å²) in [6.07, 6.45) is 1.65. The van der Waals surface area contributed by atoms with E-state index in [9.17, 15) is 4.79 Å². The predicted molar refractivity (Wildman–Crippen MR) is 113 cm³/mol. The minimum Gasteiger partial charge on any atom is -0.454 e. The maximum Gasteiger partial charge on any atom is 0.241 e. The predicted octanol–water partition coefficient (Wildman–Crippen LogP) is 3.01. The van der Waals surface area contributed by atoms with Gasteiger partial charge in [0.1, 0.15) is 6.04 Å². The maximum absolute atomic E-state index is 12.7. The van der Waals surface area contributed by atoms with E-state index in [1.54, 1.807) is 0 Å². The van der Waals surface area contributed by atoms with Gasteiger partial charge in [0.15, 0.2) is 11.5 Å². The zero-order chi connectivity index (χ0) is 19.6. The molecule has 2 aliphatic rings. The van der Waals surface area contributed by atoms with Crippen molar-refractivity contribution in [3.8, 4) is 11.5 Å². The molecule has 7 heteroatoms. The largest absolute Gasteiger partial charge is 0.454 e. The van der Waals surface area contributed by atoms with Crippen molar-refractivity contribution in [1.29, 1.82) is 0 Å². The average Bonchev–Trinajstić information content (AvgIpc) is 3.21. The molecule has 0 radical (unpaired) electrons. The minimum absolute atomic E-state index is 0. The van der Waals surface area contributed by atoms with Crippen molar-refractivity contribution < 1.29 is 19.0 Å². The summed E-state index contributed by atoms with van der Waals surface area (Å²) in [6.45, 7) is 4.09. The Hall–Kier alpha value is -2.28. The van der Waals surface area contributed by atoms with Crippen LogP contribution in [0.4, 0.5) is 0 Å². The molecule has 1 saturated heterocycles. The van der Waals surface area contributed by atoms with Gasteiger partial charge in [-0.1, -0.05) is 35.9 Å². The summed E-state index contributed by atoms with van der Waals surface area (Å²) in [5.74, 6) is 1.35. The van der Waals surface area contributed by atoms with Crippen LogP contribution < -0.4 is 20.5 Å². The van der Waals surface area contributed by atoms with Crippen LogP contribution in [0.2, 0.25) is 0 Å². The number of carbonyl (C=O) groups is 1. The minimum atomic E-state index is -0.686. The molecule has 2 heterocycles. The van der Waals surface area contributed by atoms with E-state index >= 15 is 0 Å². The van der Waals surface area contributed by atoms with Gasteiger partial charge in [-0.2, -0.15) is 0 Å². The Labute approximate surface area is 177 Å². The lowest BCUT2D eigenvalue weighted by Gasteiger charge is -2.38. The number of nitrogens with two attached hydrogens (primary N) is 1. The number of aryl methyl sites for hydroxylation is 1. The molecule has 0 aliphatic carbocycles. The first-order valence-electron chi connectivity index (χ1n) is 9.65. The second-order valence-electron chi connectivity index (χ2n) is 7.57. The van der Waals surface area contributed by atoms with Gasteiger partial charge in [0, 0.05) is 25.2 Å². The molecule has 1 unspecified atom stereocenters. The molecule has 0 spiro atoms. The molecule has 1 fully saturated rings. The molecule has 1 amide bonds. The fourth-order valence-corrected chi connectivity index (χ4v) is 3.85. The summed E-state index contributed by atoms with van der Waals surface area (Å²) >= 11 is 0. The van der Waals surface area contributed by atoms with E-state index in [0.717, 1.165) is 41.0 Å². The molecule has 2 aromatic rings. The lowest BCUT2D eigenvalue weighted by molar-refractivity contribution is -0.123. The first-order valence-corrected chi connectivity index (χ1v) is 9.65. The van der Waals surface area contributed by atoms with Gasteiger partial charge < -0.3 is 25.3 Å². The van der Waals surface area contributed by atoms with Crippen LogP contribution in [0.1, 0.15) is 35.6 Å².